The largest absolute Gasteiger partial charge is 0.396 e. The average Bonchev–Trinajstić information content (AvgIpc) is 3.36. The van der Waals surface area contributed by atoms with Crippen molar-refractivity contribution in [1.82, 2.24) is 0 Å². The van der Waals surface area contributed by atoms with Crippen molar-refractivity contribution in [3.63, 3.8) is 0 Å². The highest BCUT2D eigenvalue weighted by atomic mass is 16.8. The molecule has 22 aliphatic rings. The van der Waals surface area contributed by atoms with Crippen molar-refractivity contribution in [2.45, 2.75) is 198 Å². The van der Waals surface area contributed by atoms with Gasteiger partial charge in [0.15, 0.2) is 37.7 Å². The lowest BCUT2D eigenvalue weighted by atomic mass is 9.94. The molecule has 0 aromatic carbocycles. The van der Waals surface area contributed by atoms with E-state index in [1.165, 1.54) is 0 Å². The van der Waals surface area contributed by atoms with E-state index in [1.807, 2.05) is 6.92 Å². The first-order valence-corrected chi connectivity index (χ1v) is 22.6. The van der Waals surface area contributed by atoms with Crippen LogP contribution in [0.4, 0.5) is 0 Å². The van der Waals surface area contributed by atoms with E-state index in [1.54, 1.807) is 0 Å². The number of rotatable bonds is 7. The Kier molecular flexibility index (Phi) is 21.2. The Labute approximate surface area is 397 Å². The molecule has 0 unspecified atom stereocenters. The SMILES string of the molecule is CCCO.OC[C@H]1O[C@@H]2O[C@H]3[C@H](O)[C@@H](O)[C@@H](O[C@H]4[C@H](O)[C@@H](O)[C@@H](O[C@H]5[C@H](O)[C@@H](O)[C@@H](O[C@H]6[C@H](O)[C@@H](O)[C@@H](O[C@H]7[C@H](O)[C@@H](O)[C@@H](O[C@H]1[C@H](O)[C@H]2O)O[C@@H]7CO)O[C@@H]6CO)O[C@@H]5CO)O[C@@H]4CO)O[C@@H]3CO. The first-order valence-electron chi connectivity index (χ1n) is 22.6. The van der Waals surface area contributed by atoms with Crippen LogP contribution < -0.4 is 0 Å². The Bertz CT molecular complexity index is 1270. The summed E-state index contributed by atoms with van der Waals surface area (Å²) in [4.78, 5) is 0. The Hall–Kier alpha value is -1.24. The highest BCUT2D eigenvalue weighted by Crippen LogP contribution is 2.38. The molecular formula is C39H68O31. The fourth-order valence-corrected chi connectivity index (χ4v) is 8.93. The lowest BCUT2D eigenvalue weighted by molar-refractivity contribution is -0.404. The normalized spacial score (nSPS) is 52.6. The van der Waals surface area contributed by atoms with Crippen LogP contribution in [-0.2, 0) is 56.8 Å². The van der Waals surface area contributed by atoms with Crippen LogP contribution in [0.15, 0.2) is 0 Å². The molecule has 22 rings (SSSR count). The van der Waals surface area contributed by atoms with Gasteiger partial charge in [-0.3, -0.25) is 0 Å². The highest BCUT2D eigenvalue weighted by Gasteiger charge is 2.58. The van der Waals surface area contributed by atoms with Gasteiger partial charge in [0.05, 0.1) is 39.6 Å². The van der Waals surface area contributed by atoms with Crippen molar-refractivity contribution in [1.29, 1.82) is 0 Å². The molecule has 19 N–H and O–H groups in total. The molecule has 30 atom stereocenters. The summed E-state index contributed by atoms with van der Waals surface area (Å²) >= 11 is 0. The third-order valence-electron chi connectivity index (χ3n) is 12.9. The van der Waals surface area contributed by atoms with E-state index in [0.717, 1.165) is 6.42 Å². The second-order valence-electron chi connectivity index (χ2n) is 17.6. The van der Waals surface area contributed by atoms with Gasteiger partial charge in [-0.05, 0) is 6.42 Å². The smallest absolute Gasteiger partial charge is 0.187 e. The van der Waals surface area contributed by atoms with Gasteiger partial charge in [-0.15, -0.1) is 0 Å². The molecule has 22 saturated heterocycles. The van der Waals surface area contributed by atoms with Gasteiger partial charge in [0.25, 0.3) is 0 Å². The average molecular weight is 1030 g/mol. The summed E-state index contributed by atoms with van der Waals surface area (Å²) < 4.78 is 67.9. The quantitative estimate of drug-likeness (QED) is 0.113. The van der Waals surface area contributed by atoms with E-state index < -0.39 is 224 Å². The van der Waals surface area contributed by atoms with Gasteiger partial charge in [0, 0.05) is 6.61 Å². The number of hydrogen-bond acceptors (Lipinski definition) is 31. The van der Waals surface area contributed by atoms with Gasteiger partial charge in [0.2, 0.25) is 0 Å². The maximum absolute atomic E-state index is 11.2. The van der Waals surface area contributed by atoms with E-state index in [4.69, 9.17) is 61.9 Å². The fraction of sp³-hybridized carbons (Fsp3) is 1.00. The zero-order chi connectivity index (χ0) is 51.5. The molecule has 0 aromatic heterocycles. The summed E-state index contributed by atoms with van der Waals surface area (Å²) in [7, 11) is 0. The van der Waals surface area contributed by atoms with Crippen molar-refractivity contribution < 1.29 is 154 Å². The molecule has 0 saturated carbocycles. The molecule has 0 radical (unpaired) electrons. The maximum Gasteiger partial charge on any atom is 0.187 e. The lowest BCUT2D eigenvalue weighted by Gasteiger charge is -2.50. The van der Waals surface area contributed by atoms with Crippen LogP contribution in [0, 0.1) is 0 Å². The monoisotopic (exact) mass is 1030 g/mol. The zero-order valence-electron chi connectivity index (χ0n) is 37.4. The predicted octanol–water partition coefficient (Wildman–Crippen LogP) is -12.7. The molecule has 22 heterocycles. The predicted molar refractivity (Wildman–Crippen MR) is 213 cm³/mol. The molecule has 0 spiro atoms. The van der Waals surface area contributed by atoms with Crippen molar-refractivity contribution in [2.24, 2.45) is 0 Å². The van der Waals surface area contributed by atoms with E-state index >= 15 is 0 Å². The van der Waals surface area contributed by atoms with Crippen LogP contribution >= 0.6 is 0 Å². The van der Waals surface area contributed by atoms with Gasteiger partial charge in [-0.1, -0.05) is 6.92 Å². The van der Waals surface area contributed by atoms with Gasteiger partial charge in [-0.2, -0.15) is 0 Å². The molecule has 70 heavy (non-hydrogen) atoms. The summed E-state index contributed by atoms with van der Waals surface area (Å²) in [6, 6.07) is 0. The Morgan fingerprint density at radius 3 is 0.457 bits per heavy atom. The molecule has 31 nitrogen and oxygen atoms in total. The zero-order valence-corrected chi connectivity index (χ0v) is 37.4. The number of aliphatic hydroxyl groups excluding tert-OH is 19. The van der Waals surface area contributed by atoms with E-state index in [2.05, 4.69) is 0 Å². The molecule has 12 bridgehead atoms. The van der Waals surface area contributed by atoms with Crippen molar-refractivity contribution in [2.75, 3.05) is 46.2 Å². The summed E-state index contributed by atoms with van der Waals surface area (Å²) in [6.45, 7) is -3.74. The van der Waals surface area contributed by atoms with Gasteiger partial charge in [0.1, 0.15) is 146 Å². The van der Waals surface area contributed by atoms with Crippen LogP contribution in [0.2, 0.25) is 0 Å². The molecule has 0 amide bonds. The topological polar surface area (TPSA) is 495 Å². The Balaban J connectivity index is 0.00000193. The van der Waals surface area contributed by atoms with Crippen LogP contribution in [0.5, 0.6) is 0 Å². The lowest BCUT2D eigenvalue weighted by Crippen LogP contribution is -2.69. The molecule has 22 aliphatic heterocycles. The second kappa shape index (κ2) is 25.5. The minimum atomic E-state index is -2.15. The fourth-order valence-electron chi connectivity index (χ4n) is 8.93. The van der Waals surface area contributed by atoms with E-state index in [-0.39, 0.29) is 0 Å². The van der Waals surface area contributed by atoms with Crippen molar-refractivity contribution in [3.8, 4) is 0 Å². The van der Waals surface area contributed by atoms with Gasteiger partial charge in [-0.25, -0.2) is 0 Å². The minimum Gasteiger partial charge on any atom is -0.396 e. The first-order chi connectivity index (χ1) is 33.3. The van der Waals surface area contributed by atoms with E-state index in [0.29, 0.717) is 6.61 Å². The molecule has 0 aromatic rings. The number of hydrogen-bond donors (Lipinski definition) is 19. The summed E-state index contributed by atoms with van der Waals surface area (Å²) in [5, 5.41) is 203. The third-order valence-corrected chi connectivity index (χ3v) is 12.9. The van der Waals surface area contributed by atoms with Gasteiger partial charge >= 0.3 is 0 Å². The molecule has 22 fully saturated rings. The summed E-state index contributed by atoms with van der Waals surface area (Å²) in [6.07, 6.45) is -57.6. The third kappa shape index (κ3) is 11.9. The van der Waals surface area contributed by atoms with Crippen LogP contribution in [-0.4, -0.2) is 328 Å². The minimum absolute atomic E-state index is 0.319. The molecule has 410 valence electrons. The van der Waals surface area contributed by atoms with Gasteiger partial charge < -0.3 is 154 Å². The van der Waals surface area contributed by atoms with E-state index in [9.17, 15) is 91.9 Å². The molecular weight excluding hydrogens is 964 g/mol. The maximum atomic E-state index is 11.2. The number of ether oxygens (including phenoxy) is 12. The Morgan fingerprint density at radius 2 is 0.357 bits per heavy atom. The number of aliphatic hydroxyl groups is 19. The van der Waals surface area contributed by atoms with Crippen LogP contribution in [0.3, 0.4) is 0 Å². The van der Waals surface area contributed by atoms with Crippen molar-refractivity contribution >= 4 is 0 Å². The first kappa shape index (κ1) is 58.0. The summed E-state index contributed by atoms with van der Waals surface area (Å²) in [5.74, 6) is 0. The van der Waals surface area contributed by atoms with Crippen LogP contribution in [0.1, 0.15) is 13.3 Å². The molecule has 31 heteroatoms. The Morgan fingerprint density at radius 1 is 0.229 bits per heavy atom. The standard InChI is InChI=1S/C36H60O30.C3H8O/c37-1-7-25-13(43)19(49)31(55-7)62-26-8(2-38)57-33(21(51)15(26)45)64-28-10(4-40)59-35(23(53)17(28)47)66-30-12(6-42)60-36(24(54)18(30)48)65-29-11(5-41)58-34(22(52)16(29)46)63-27-9(3-39)56-32(61-25)20(50)14(27)44;1-2-3-4/h7-54H,1-6H2;4H,2-3H2,1H3/t7-,8-,9-,10-,11-,12-,13-,14-,15-,16-,17-,18-,19-,20-,21-,22-,23-,24-,25-,26-,27-,28-,29-,30-,31-,32-,33-,34-,35-,36-;/m1./s1. The highest BCUT2D eigenvalue weighted by molar-refractivity contribution is 5.01. The van der Waals surface area contributed by atoms with Crippen LogP contribution in [0.25, 0.3) is 0 Å². The summed E-state index contributed by atoms with van der Waals surface area (Å²) in [5.41, 5.74) is 0. The second-order valence-corrected chi connectivity index (χ2v) is 17.6. The molecule has 0 aliphatic carbocycles. The van der Waals surface area contributed by atoms with Crippen molar-refractivity contribution in [3.05, 3.63) is 0 Å².